The van der Waals surface area contributed by atoms with E-state index < -0.39 is 0 Å². The molecule has 58 valence electrons. The molecule has 0 aromatic carbocycles. The van der Waals surface area contributed by atoms with Gasteiger partial charge in [0.2, 0.25) is 0 Å². The Balaban J connectivity index is 3.77. The van der Waals surface area contributed by atoms with Crippen LogP contribution >= 0.6 is 0 Å². The summed E-state index contributed by atoms with van der Waals surface area (Å²) < 4.78 is 0. The Labute approximate surface area is 63.1 Å². The molecule has 0 bridgehead atoms. The lowest BCUT2D eigenvalue weighted by Gasteiger charge is -1.99. The van der Waals surface area contributed by atoms with Gasteiger partial charge in [-0.25, -0.2) is 0 Å². The quantitative estimate of drug-likeness (QED) is 0.550. The highest BCUT2D eigenvalue weighted by molar-refractivity contribution is 5.79. The molecule has 0 N–H and O–H groups in total. The van der Waals surface area contributed by atoms with Gasteiger partial charge in [0.1, 0.15) is 5.78 Å². The predicted molar refractivity (Wildman–Crippen MR) is 43.8 cm³/mol. The molecule has 0 saturated carbocycles. The van der Waals surface area contributed by atoms with Crippen molar-refractivity contribution >= 4 is 5.78 Å². The molecule has 0 aliphatic rings. The van der Waals surface area contributed by atoms with E-state index in [0.717, 1.165) is 0 Å². The maximum atomic E-state index is 10.7. The zero-order chi connectivity index (χ0) is 8.15. The van der Waals surface area contributed by atoms with Crippen molar-refractivity contribution in [3.05, 3.63) is 12.2 Å². The molecule has 0 amide bonds. The molecule has 0 fully saturated rings. The monoisotopic (exact) mass is 140 g/mol. The molecule has 1 atom stereocenters. The summed E-state index contributed by atoms with van der Waals surface area (Å²) in [6.07, 6.45) is 4.03. The standard InChI is InChI=1S/C9H16O/c1-7(2)5-6-8(3)9(4)10/h5-8H,1-4H3/b6-5-. The fraction of sp³-hybridized carbons (Fsp3) is 0.667. The number of carbonyl (C=O) groups excluding carboxylic acids is 1. The molecular formula is C9H16O. The molecule has 0 saturated heterocycles. The highest BCUT2D eigenvalue weighted by atomic mass is 16.1. The van der Waals surface area contributed by atoms with Crippen LogP contribution in [0.1, 0.15) is 27.7 Å². The van der Waals surface area contributed by atoms with E-state index in [0.29, 0.717) is 5.92 Å². The third-order valence-corrected chi connectivity index (χ3v) is 1.43. The van der Waals surface area contributed by atoms with Crippen LogP contribution in [0.3, 0.4) is 0 Å². The van der Waals surface area contributed by atoms with E-state index >= 15 is 0 Å². The van der Waals surface area contributed by atoms with E-state index in [1.54, 1.807) is 6.92 Å². The van der Waals surface area contributed by atoms with Gasteiger partial charge in [0.15, 0.2) is 0 Å². The largest absolute Gasteiger partial charge is 0.299 e. The molecular weight excluding hydrogens is 124 g/mol. The SMILES string of the molecule is CC(=O)C(C)/C=C\C(C)C. The smallest absolute Gasteiger partial charge is 0.136 e. The minimum atomic E-state index is 0.0856. The lowest BCUT2D eigenvalue weighted by Crippen LogP contribution is -2.02. The first kappa shape index (κ1) is 9.41. The molecule has 10 heavy (non-hydrogen) atoms. The fourth-order valence-corrected chi connectivity index (χ4v) is 0.524. The van der Waals surface area contributed by atoms with Gasteiger partial charge in [-0.3, -0.25) is 4.79 Å². The molecule has 1 nitrogen and oxygen atoms in total. The lowest BCUT2D eigenvalue weighted by molar-refractivity contribution is -0.118. The maximum Gasteiger partial charge on any atom is 0.136 e. The van der Waals surface area contributed by atoms with Crippen LogP contribution in [0.15, 0.2) is 12.2 Å². The van der Waals surface area contributed by atoms with Gasteiger partial charge in [0, 0.05) is 5.92 Å². The first-order valence-corrected chi connectivity index (χ1v) is 3.72. The second-order valence-corrected chi connectivity index (χ2v) is 3.03. The fourth-order valence-electron chi connectivity index (χ4n) is 0.524. The van der Waals surface area contributed by atoms with Crippen molar-refractivity contribution in [1.82, 2.24) is 0 Å². The summed E-state index contributed by atoms with van der Waals surface area (Å²) >= 11 is 0. The van der Waals surface area contributed by atoms with E-state index in [1.807, 2.05) is 13.0 Å². The summed E-state index contributed by atoms with van der Waals surface area (Å²) in [4.78, 5) is 10.7. The molecule has 0 aliphatic carbocycles. The first-order valence-electron chi connectivity index (χ1n) is 3.72. The number of carbonyl (C=O) groups is 1. The highest BCUT2D eigenvalue weighted by Gasteiger charge is 2.00. The molecule has 0 heterocycles. The van der Waals surface area contributed by atoms with Crippen LogP contribution in [-0.2, 0) is 4.79 Å². The minimum absolute atomic E-state index is 0.0856. The molecule has 0 aromatic heterocycles. The predicted octanol–water partition coefficient (Wildman–Crippen LogP) is 2.42. The number of ketones is 1. The number of allylic oxidation sites excluding steroid dienone is 2. The normalized spacial score (nSPS) is 14.5. The molecule has 0 spiro atoms. The summed E-state index contributed by atoms with van der Waals surface area (Å²) in [6.45, 7) is 7.74. The van der Waals surface area contributed by atoms with Gasteiger partial charge in [0.05, 0.1) is 0 Å². The Morgan fingerprint density at radius 1 is 1.20 bits per heavy atom. The number of hydrogen-bond acceptors (Lipinski definition) is 1. The Morgan fingerprint density at radius 2 is 1.70 bits per heavy atom. The lowest BCUT2D eigenvalue weighted by atomic mass is 10.1. The van der Waals surface area contributed by atoms with Gasteiger partial charge in [-0.15, -0.1) is 0 Å². The van der Waals surface area contributed by atoms with E-state index in [2.05, 4.69) is 19.9 Å². The summed E-state index contributed by atoms with van der Waals surface area (Å²) in [6, 6.07) is 0. The molecule has 0 aromatic rings. The molecule has 1 heteroatoms. The number of rotatable bonds is 3. The summed E-state index contributed by atoms with van der Waals surface area (Å²) in [7, 11) is 0. The Bertz CT molecular complexity index is 134. The number of hydrogen-bond donors (Lipinski definition) is 0. The van der Waals surface area contributed by atoms with Crippen molar-refractivity contribution in [2.45, 2.75) is 27.7 Å². The summed E-state index contributed by atoms with van der Waals surface area (Å²) in [5.74, 6) is 0.862. The Hall–Kier alpha value is -0.590. The first-order chi connectivity index (χ1) is 4.54. The average Bonchev–Trinajstić information content (AvgIpc) is 1.82. The van der Waals surface area contributed by atoms with Crippen LogP contribution in [0.25, 0.3) is 0 Å². The summed E-state index contributed by atoms with van der Waals surface area (Å²) in [5, 5.41) is 0. The second-order valence-electron chi connectivity index (χ2n) is 3.03. The van der Waals surface area contributed by atoms with E-state index in [-0.39, 0.29) is 11.7 Å². The van der Waals surface area contributed by atoms with Gasteiger partial charge in [0.25, 0.3) is 0 Å². The summed E-state index contributed by atoms with van der Waals surface area (Å²) in [5.41, 5.74) is 0. The van der Waals surface area contributed by atoms with Crippen LogP contribution in [0.5, 0.6) is 0 Å². The molecule has 0 rings (SSSR count). The van der Waals surface area contributed by atoms with Crippen molar-refractivity contribution in [3.8, 4) is 0 Å². The number of Topliss-reactive ketones (excluding diaryl/α,β-unsaturated/α-hetero) is 1. The van der Waals surface area contributed by atoms with E-state index in [9.17, 15) is 4.79 Å². The van der Waals surface area contributed by atoms with Crippen molar-refractivity contribution in [1.29, 1.82) is 0 Å². The molecule has 1 unspecified atom stereocenters. The molecule has 0 aliphatic heterocycles. The maximum absolute atomic E-state index is 10.7. The van der Waals surface area contributed by atoms with E-state index in [1.165, 1.54) is 0 Å². The Morgan fingerprint density at radius 3 is 2.00 bits per heavy atom. The zero-order valence-electron chi connectivity index (χ0n) is 7.22. The minimum Gasteiger partial charge on any atom is -0.299 e. The van der Waals surface area contributed by atoms with Crippen LogP contribution in [-0.4, -0.2) is 5.78 Å². The van der Waals surface area contributed by atoms with E-state index in [4.69, 9.17) is 0 Å². The van der Waals surface area contributed by atoms with Gasteiger partial charge in [-0.05, 0) is 12.8 Å². The van der Waals surface area contributed by atoms with Gasteiger partial charge >= 0.3 is 0 Å². The Kier molecular flexibility index (Phi) is 4.01. The van der Waals surface area contributed by atoms with Crippen LogP contribution in [0.2, 0.25) is 0 Å². The average molecular weight is 140 g/mol. The second kappa shape index (κ2) is 4.26. The molecule has 0 radical (unpaired) electrons. The van der Waals surface area contributed by atoms with Crippen LogP contribution in [0.4, 0.5) is 0 Å². The van der Waals surface area contributed by atoms with Crippen molar-refractivity contribution in [3.63, 3.8) is 0 Å². The van der Waals surface area contributed by atoms with Gasteiger partial charge < -0.3 is 0 Å². The highest BCUT2D eigenvalue weighted by Crippen LogP contribution is 2.02. The van der Waals surface area contributed by atoms with Gasteiger partial charge in [-0.1, -0.05) is 32.9 Å². The van der Waals surface area contributed by atoms with Crippen LogP contribution < -0.4 is 0 Å². The van der Waals surface area contributed by atoms with Crippen molar-refractivity contribution in [2.75, 3.05) is 0 Å². The topological polar surface area (TPSA) is 17.1 Å². The van der Waals surface area contributed by atoms with Crippen molar-refractivity contribution in [2.24, 2.45) is 11.8 Å². The third-order valence-electron chi connectivity index (χ3n) is 1.43. The zero-order valence-corrected chi connectivity index (χ0v) is 7.22. The van der Waals surface area contributed by atoms with Gasteiger partial charge in [-0.2, -0.15) is 0 Å². The third kappa shape index (κ3) is 4.30. The van der Waals surface area contributed by atoms with Crippen molar-refractivity contribution < 1.29 is 4.79 Å². The van der Waals surface area contributed by atoms with Crippen LogP contribution in [0, 0.1) is 11.8 Å².